The van der Waals surface area contributed by atoms with Crippen molar-refractivity contribution in [2.24, 2.45) is 0 Å². The van der Waals surface area contributed by atoms with Crippen molar-refractivity contribution in [1.82, 2.24) is 10.3 Å². The minimum atomic E-state index is 0.555. The van der Waals surface area contributed by atoms with E-state index in [1.165, 1.54) is 4.90 Å². The largest absolute Gasteiger partial charge is 0.397 e. The van der Waals surface area contributed by atoms with Crippen LogP contribution in [0.4, 0.5) is 17.1 Å². The number of thioether (sulfide) groups is 1. The molecule has 0 aliphatic rings. The molecule has 6 heteroatoms. The van der Waals surface area contributed by atoms with Crippen molar-refractivity contribution in [2.75, 3.05) is 17.3 Å². The summed E-state index contributed by atoms with van der Waals surface area (Å²) in [5.74, 6) is 0. The van der Waals surface area contributed by atoms with Gasteiger partial charge in [-0.2, -0.15) is 0 Å². The summed E-state index contributed by atoms with van der Waals surface area (Å²) >= 11 is 1.69. The van der Waals surface area contributed by atoms with Gasteiger partial charge in [0.25, 0.3) is 0 Å². The molecule has 0 amide bonds. The molecule has 0 atom stereocenters. The highest BCUT2D eigenvalue weighted by atomic mass is 32.2. The fourth-order valence-electron chi connectivity index (χ4n) is 1.84. The molecule has 2 aromatic carbocycles. The van der Waals surface area contributed by atoms with Crippen LogP contribution < -0.4 is 11.1 Å². The normalized spacial score (nSPS) is 10.8. The molecule has 96 valence electrons. The molecule has 0 unspecified atom stereocenters. The molecule has 3 N–H and O–H groups in total. The molecule has 0 fully saturated rings. The molecule has 1 heterocycles. The lowest BCUT2D eigenvalue weighted by atomic mass is 10.2. The summed E-state index contributed by atoms with van der Waals surface area (Å²) < 4.78 is 4.74. The van der Waals surface area contributed by atoms with E-state index in [2.05, 4.69) is 27.8 Å². The van der Waals surface area contributed by atoms with Gasteiger partial charge in [-0.3, -0.25) is 0 Å². The summed E-state index contributed by atoms with van der Waals surface area (Å²) in [5.41, 5.74) is 9.39. The zero-order chi connectivity index (χ0) is 13.2. The Balaban J connectivity index is 2.01. The highest BCUT2D eigenvalue weighted by molar-refractivity contribution is 7.98. The third-order valence-corrected chi connectivity index (χ3v) is 3.52. The van der Waals surface area contributed by atoms with Gasteiger partial charge >= 0.3 is 0 Å². The monoisotopic (exact) mass is 272 g/mol. The van der Waals surface area contributed by atoms with Crippen molar-refractivity contribution in [3.63, 3.8) is 0 Å². The van der Waals surface area contributed by atoms with Crippen LogP contribution in [0, 0.1) is 0 Å². The maximum Gasteiger partial charge on any atom is 0.160 e. The van der Waals surface area contributed by atoms with Gasteiger partial charge in [-0.05, 0) is 46.9 Å². The zero-order valence-corrected chi connectivity index (χ0v) is 11.1. The lowest BCUT2D eigenvalue weighted by Crippen LogP contribution is -1.94. The summed E-state index contributed by atoms with van der Waals surface area (Å²) in [6.45, 7) is 0. The summed E-state index contributed by atoms with van der Waals surface area (Å²) in [4.78, 5) is 1.19. The highest BCUT2D eigenvalue weighted by Gasteiger charge is 2.10. The van der Waals surface area contributed by atoms with E-state index in [-0.39, 0.29) is 0 Å². The zero-order valence-electron chi connectivity index (χ0n) is 10.3. The van der Waals surface area contributed by atoms with Crippen LogP contribution in [-0.2, 0) is 0 Å². The molecule has 3 rings (SSSR count). The fraction of sp³-hybridized carbons (Fsp3) is 0.0769. The topological polar surface area (TPSA) is 77.0 Å². The second kappa shape index (κ2) is 4.81. The van der Waals surface area contributed by atoms with Gasteiger partial charge in [-0.15, -0.1) is 11.8 Å². The number of rotatable bonds is 3. The van der Waals surface area contributed by atoms with Crippen LogP contribution >= 0.6 is 11.8 Å². The van der Waals surface area contributed by atoms with E-state index in [4.69, 9.17) is 10.4 Å². The standard InChI is InChI=1S/C13H12N4OS/c1-19-9-4-2-3-8(7-9)15-11-6-5-10(14)12-13(11)17-18-16-12/h2-7,15H,14H2,1H3. The van der Waals surface area contributed by atoms with Crippen molar-refractivity contribution in [2.45, 2.75) is 4.90 Å². The fourth-order valence-corrected chi connectivity index (χ4v) is 2.30. The molecule has 0 spiro atoms. The SMILES string of the molecule is CSc1cccc(Nc2ccc(N)c3nonc23)c1. The van der Waals surface area contributed by atoms with E-state index in [1.807, 2.05) is 24.5 Å². The van der Waals surface area contributed by atoms with Crippen LogP contribution in [0.25, 0.3) is 11.0 Å². The van der Waals surface area contributed by atoms with Crippen LogP contribution in [0.1, 0.15) is 0 Å². The van der Waals surface area contributed by atoms with Gasteiger partial charge in [-0.25, -0.2) is 4.63 Å². The lowest BCUT2D eigenvalue weighted by molar-refractivity contribution is 0.316. The first-order chi connectivity index (χ1) is 9.28. The van der Waals surface area contributed by atoms with Crippen LogP contribution in [-0.4, -0.2) is 16.6 Å². The maximum atomic E-state index is 5.81. The molecule has 0 radical (unpaired) electrons. The predicted octanol–water partition coefficient (Wildman–Crippen LogP) is 3.27. The highest BCUT2D eigenvalue weighted by Crippen LogP contribution is 2.29. The Morgan fingerprint density at radius 1 is 1.16 bits per heavy atom. The quantitative estimate of drug-likeness (QED) is 0.563. The van der Waals surface area contributed by atoms with Crippen molar-refractivity contribution in [3.05, 3.63) is 36.4 Å². The second-order valence-electron chi connectivity index (χ2n) is 4.02. The van der Waals surface area contributed by atoms with Crippen LogP contribution in [0.5, 0.6) is 0 Å². The summed E-state index contributed by atoms with van der Waals surface area (Å²) in [5, 5.41) is 11.0. The first-order valence-electron chi connectivity index (χ1n) is 5.70. The molecule has 1 aromatic heterocycles. The van der Waals surface area contributed by atoms with Crippen molar-refractivity contribution in [1.29, 1.82) is 0 Å². The van der Waals surface area contributed by atoms with Gasteiger partial charge in [0.15, 0.2) is 11.0 Å². The summed E-state index contributed by atoms with van der Waals surface area (Å²) in [7, 11) is 0. The minimum Gasteiger partial charge on any atom is -0.397 e. The second-order valence-corrected chi connectivity index (χ2v) is 4.90. The maximum absolute atomic E-state index is 5.81. The van der Waals surface area contributed by atoms with E-state index in [0.29, 0.717) is 16.7 Å². The number of nitrogens with zero attached hydrogens (tertiary/aromatic N) is 2. The lowest BCUT2D eigenvalue weighted by Gasteiger charge is -2.08. The number of hydrogen-bond acceptors (Lipinski definition) is 6. The molecule has 3 aromatic rings. The Kier molecular flexibility index (Phi) is 3.00. The van der Waals surface area contributed by atoms with Gasteiger partial charge in [-0.1, -0.05) is 6.07 Å². The smallest absolute Gasteiger partial charge is 0.160 e. The molecule has 0 aliphatic heterocycles. The number of nitrogens with two attached hydrogens (primary N) is 1. The molecule has 5 nitrogen and oxygen atoms in total. The number of fused-ring (bicyclic) bond motifs is 1. The Bertz CT molecular complexity index is 725. The first kappa shape index (κ1) is 11.9. The average molecular weight is 272 g/mol. The molecule has 0 bridgehead atoms. The summed E-state index contributed by atoms with van der Waals surface area (Å²) in [6.07, 6.45) is 2.04. The molecule has 0 aliphatic carbocycles. The van der Waals surface area contributed by atoms with Crippen molar-refractivity contribution >= 4 is 39.9 Å². The summed E-state index contributed by atoms with van der Waals surface area (Å²) in [6, 6.07) is 11.8. The number of hydrogen-bond donors (Lipinski definition) is 2. The number of aromatic nitrogens is 2. The molecule has 0 saturated heterocycles. The van der Waals surface area contributed by atoms with Crippen molar-refractivity contribution in [3.8, 4) is 0 Å². The minimum absolute atomic E-state index is 0.555. The number of anilines is 3. The molecular weight excluding hydrogens is 260 g/mol. The number of nitrogens with one attached hydrogen (secondary N) is 1. The van der Waals surface area contributed by atoms with E-state index >= 15 is 0 Å². The van der Waals surface area contributed by atoms with Crippen LogP contribution in [0.15, 0.2) is 45.9 Å². The Morgan fingerprint density at radius 2 is 2.00 bits per heavy atom. The van der Waals surface area contributed by atoms with E-state index in [0.717, 1.165) is 11.4 Å². The molecular formula is C13H12N4OS. The predicted molar refractivity (Wildman–Crippen MR) is 77.7 cm³/mol. The Hall–Kier alpha value is -2.21. The van der Waals surface area contributed by atoms with Gasteiger partial charge in [0.05, 0.1) is 11.4 Å². The van der Waals surface area contributed by atoms with Gasteiger partial charge in [0.1, 0.15) is 0 Å². The van der Waals surface area contributed by atoms with Gasteiger partial charge < -0.3 is 11.1 Å². The van der Waals surface area contributed by atoms with E-state index < -0.39 is 0 Å². The number of nitrogen functional groups attached to an aromatic ring is 1. The van der Waals surface area contributed by atoms with Crippen molar-refractivity contribution < 1.29 is 4.63 Å². The molecule has 19 heavy (non-hydrogen) atoms. The first-order valence-corrected chi connectivity index (χ1v) is 6.92. The average Bonchev–Trinajstić information content (AvgIpc) is 2.93. The van der Waals surface area contributed by atoms with Gasteiger partial charge in [0.2, 0.25) is 0 Å². The van der Waals surface area contributed by atoms with Gasteiger partial charge in [0, 0.05) is 10.6 Å². The van der Waals surface area contributed by atoms with Crippen LogP contribution in [0.3, 0.4) is 0 Å². The third-order valence-electron chi connectivity index (χ3n) is 2.80. The van der Waals surface area contributed by atoms with E-state index in [1.54, 1.807) is 17.8 Å². The Labute approximate surface area is 114 Å². The third kappa shape index (κ3) is 2.22. The number of benzene rings is 2. The Morgan fingerprint density at radius 3 is 2.84 bits per heavy atom. The molecule has 0 saturated carbocycles. The van der Waals surface area contributed by atoms with Crippen LogP contribution in [0.2, 0.25) is 0 Å². The van der Waals surface area contributed by atoms with E-state index in [9.17, 15) is 0 Å².